The molecule has 1 aromatic rings. The first-order chi connectivity index (χ1) is 10.5. The molecule has 132 valence electrons. The van der Waals surface area contributed by atoms with E-state index in [1.807, 2.05) is 0 Å². The molecule has 0 spiro atoms. The van der Waals surface area contributed by atoms with Gasteiger partial charge in [0.2, 0.25) is 6.17 Å². The molecule has 1 aliphatic rings. The van der Waals surface area contributed by atoms with E-state index in [2.05, 4.69) is 4.18 Å². The van der Waals surface area contributed by atoms with Gasteiger partial charge >= 0.3 is 16.6 Å². The quantitative estimate of drug-likeness (QED) is 0.840. The summed E-state index contributed by atoms with van der Waals surface area (Å²) in [4.78, 5) is 2.65. The van der Waals surface area contributed by atoms with Gasteiger partial charge in [-0.1, -0.05) is 12.1 Å². The van der Waals surface area contributed by atoms with Crippen molar-refractivity contribution < 1.29 is 30.3 Å². The van der Waals surface area contributed by atoms with Gasteiger partial charge in [0, 0.05) is 13.6 Å². The van der Waals surface area contributed by atoms with Crippen molar-refractivity contribution in [2.24, 2.45) is 0 Å². The lowest BCUT2D eigenvalue weighted by atomic mass is 10.2. The summed E-state index contributed by atoms with van der Waals surface area (Å²) in [6.07, 6.45) is -5.79. The largest absolute Gasteiger partial charge is 0.427 e. The molecule has 1 atom stereocenters. The van der Waals surface area contributed by atoms with Gasteiger partial charge in [-0.15, -0.1) is 0 Å². The number of hydrogen-bond acceptors (Lipinski definition) is 5. The van der Waals surface area contributed by atoms with Crippen LogP contribution >= 0.6 is 0 Å². The predicted molar refractivity (Wildman–Crippen MR) is 80.9 cm³/mol. The molecular weight excluding hydrogens is 337 g/mol. The molecule has 0 radical (unpaired) electrons. The molecule has 1 unspecified atom stereocenters. The maximum atomic E-state index is 12.9. The molecule has 1 heterocycles. The van der Waals surface area contributed by atoms with Crippen LogP contribution in [0.1, 0.15) is 13.8 Å². The third-order valence-electron chi connectivity index (χ3n) is 3.13. The van der Waals surface area contributed by atoms with Gasteiger partial charge in [0.25, 0.3) is 0 Å². The number of rotatable bonds is 3. The minimum atomic E-state index is -4.25. The summed E-state index contributed by atoms with van der Waals surface area (Å²) in [5.74, 6) is 0. The molecule has 0 saturated carbocycles. The molecule has 6 nitrogen and oxygen atoms in total. The summed E-state index contributed by atoms with van der Waals surface area (Å²) in [6, 6.07) is 6.95. The fourth-order valence-corrected chi connectivity index (χ4v) is 2.66. The summed E-state index contributed by atoms with van der Waals surface area (Å²) in [5, 5.41) is 0. The monoisotopic (exact) mass is 356 g/mol. The van der Waals surface area contributed by atoms with Gasteiger partial charge < -0.3 is 9.80 Å². The van der Waals surface area contributed by atoms with E-state index in [-0.39, 0.29) is 6.61 Å². The number of alkyl halides is 3. The highest BCUT2D eigenvalue weighted by atomic mass is 32.3. The first kappa shape index (κ1) is 19.5. The Morgan fingerprint density at radius 3 is 2.09 bits per heavy atom. The van der Waals surface area contributed by atoms with Crippen molar-refractivity contribution in [2.75, 3.05) is 30.0 Å². The third-order valence-corrected chi connectivity index (χ3v) is 3.67. The molecule has 1 aliphatic heterocycles. The number of nitrogens with zero attached hydrogens (tertiary/aromatic N) is 2. The average molecular weight is 356 g/mol. The number of halogens is 3. The summed E-state index contributed by atoms with van der Waals surface area (Å²) in [5.41, 5.74) is 1.28. The van der Waals surface area contributed by atoms with Gasteiger partial charge in [0.05, 0.1) is 18.0 Å². The standard InChI is InChI=1S/C11H13F3N2.C2H6O4S/c1-3-16-9-7-5-4-6-8(9)15(2)10(16)11(12,13)14;1-2-6-7(3,4)5/h4-7,10H,3H2,1-2H3;2H2,1H3,(H,3,4,5). The van der Waals surface area contributed by atoms with Gasteiger partial charge in [-0.2, -0.15) is 21.6 Å². The molecule has 0 fully saturated rings. The van der Waals surface area contributed by atoms with Gasteiger partial charge in [0.1, 0.15) is 0 Å². The SMILES string of the molecule is CCN1c2ccccc2N(C)C1C(F)(F)F.CCOS(=O)(=O)O. The van der Waals surface area contributed by atoms with E-state index in [0.717, 1.165) is 0 Å². The Kier molecular flexibility index (Phi) is 6.25. The summed E-state index contributed by atoms with van der Waals surface area (Å²) >= 11 is 0. The Hall–Kier alpha value is -1.52. The molecule has 0 saturated heterocycles. The maximum Gasteiger partial charge on any atom is 0.427 e. The smallest absolute Gasteiger partial charge is 0.345 e. The van der Waals surface area contributed by atoms with Crippen molar-refractivity contribution in [1.29, 1.82) is 0 Å². The Labute approximate surface area is 133 Å². The van der Waals surface area contributed by atoms with E-state index in [4.69, 9.17) is 4.55 Å². The lowest BCUT2D eigenvalue weighted by molar-refractivity contribution is -0.146. The summed E-state index contributed by atoms with van der Waals surface area (Å²) in [6.45, 7) is 3.51. The Morgan fingerprint density at radius 2 is 1.74 bits per heavy atom. The van der Waals surface area contributed by atoms with Crippen LogP contribution in [0.3, 0.4) is 0 Å². The second kappa shape index (κ2) is 7.37. The zero-order valence-electron chi connectivity index (χ0n) is 12.9. The highest BCUT2D eigenvalue weighted by Gasteiger charge is 2.50. The molecule has 23 heavy (non-hydrogen) atoms. The van der Waals surface area contributed by atoms with Crippen LogP contribution in [-0.4, -0.2) is 45.5 Å². The third kappa shape index (κ3) is 4.98. The fraction of sp³-hybridized carbons (Fsp3) is 0.538. The maximum absolute atomic E-state index is 12.9. The molecule has 1 N–H and O–H groups in total. The van der Waals surface area contributed by atoms with Crippen LogP contribution in [-0.2, 0) is 14.6 Å². The van der Waals surface area contributed by atoms with Crippen LogP contribution in [0.2, 0.25) is 0 Å². The second-order valence-electron chi connectivity index (χ2n) is 4.64. The summed E-state index contributed by atoms with van der Waals surface area (Å²) < 4.78 is 69.4. The van der Waals surface area contributed by atoms with E-state index in [1.165, 1.54) is 23.8 Å². The molecular formula is C13H19F3N2O4S. The highest BCUT2D eigenvalue weighted by Crippen LogP contribution is 2.43. The fourth-order valence-electron chi connectivity index (χ4n) is 2.37. The Bertz CT molecular complexity index is 622. The first-order valence-corrected chi connectivity index (χ1v) is 8.16. The zero-order chi connectivity index (χ0) is 17.8. The highest BCUT2D eigenvalue weighted by molar-refractivity contribution is 7.80. The van der Waals surface area contributed by atoms with Gasteiger partial charge in [-0.05, 0) is 26.0 Å². The Balaban J connectivity index is 0.000000322. The lowest BCUT2D eigenvalue weighted by Crippen LogP contribution is -2.51. The summed E-state index contributed by atoms with van der Waals surface area (Å²) in [7, 11) is -2.70. The lowest BCUT2D eigenvalue weighted by Gasteiger charge is -2.31. The minimum absolute atomic E-state index is 0.0289. The van der Waals surface area contributed by atoms with E-state index in [9.17, 15) is 21.6 Å². The topological polar surface area (TPSA) is 70.1 Å². The zero-order valence-corrected chi connectivity index (χ0v) is 13.7. The number of hydrogen-bond donors (Lipinski definition) is 1. The average Bonchev–Trinajstić information content (AvgIpc) is 2.71. The minimum Gasteiger partial charge on any atom is -0.345 e. The molecule has 2 rings (SSSR count). The molecule has 0 aromatic heterocycles. The molecule has 0 amide bonds. The van der Waals surface area contributed by atoms with Crippen molar-refractivity contribution in [3.63, 3.8) is 0 Å². The van der Waals surface area contributed by atoms with E-state index >= 15 is 0 Å². The van der Waals surface area contributed by atoms with Crippen molar-refractivity contribution in [3.8, 4) is 0 Å². The van der Waals surface area contributed by atoms with Crippen molar-refractivity contribution in [1.82, 2.24) is 0 Å². The predicted octanol–water partition coefficient (Wildman–Crippen LogP) is 2.68. The van der Waals surface area contributed by atoms with Gasteiger partial charge in [0.15, 0.2) is 0 Å². The van der Waals surface area contributed by atoms with E-state index < -0.39 is 22.7 Å². The van der Waals surface area contributed by atoms with Crippen molar-refractivity contribution >= 4 is 21.8 Å². The van der Waals surface area contributed by atoms with E-state index in [1.54, 1.807) is 31.2 Å². The van der Waals surface area contributed by atoms with Crippen LogP contribution in [0.4, 0.5) is 24.5 Å². The number of benzene rings is 1. The molecule has 0 aliphatic carbocycles. The van der Waals surface area contributed by atoms with Gasteiger partial charge in [-0.25, -0.2) is 4.18 Å². The number of para-hydroxylation sites is 2. The second-order valence-corrected chi connectivity index (χ2v) is 5.73. The van der Waals surface area contributed by atoms with Crippen LogP contribution in [0.25, 0.3) is 0 Å². The van der Waals surface area contributed by atoms with Crippen molar-refractivity contribution in [3.05, 3.63) is 24.3 Å². The molecule has 1 aromatic carbocycles. The Morgan fingerprint density at radius 1 is 1.22 bits per heavy atom. The molecule has 0 bridgehead atoms. The van der Waals surface area contributed by atoms with Crippen LogP contribution in [0.15, 0.2) is 24.3 Å². The molecule has 10 heteroatoms. The van der Waals surface area contributed by atoms with Crippen LogP contribution in [0, 0.1) is 0 Å². The number of anilines is 2. The van der Waals surface area contributed by atoms with Crippen molar-refractivity contribution in [2.45, 2.75) is 26.2 Å². The normalized spacial score (nSPS) is 17.6. The van der Waals surface area contributed by atoms with Gasteiger partial charge in [-0.3, -0.25) is 4.55 Å². The van der Waals surface area contributed by atoms with Crippen LogP contribution in [0.5, 0.6) is 0 Å². The van der Waals surface area contributed by atoms with E-state index in [0.29, 0.717) is 17.9 Å². The number of fused-ring (bicyclic) bond motifs is 1. The van der Waals surface area contributed by atoms with Crippen LogP contribution < -0.4 is 9.80 Å². The first-order valence-electron chi connectivity index (χ1n) is 6.80.